The molecule has 138 valence electrons. The van der Waals surface area contributed by atoms with E-state index in [9.17, 15) is 18.0 Å². The number of benzene rings is 1. The van der Waals surface area contributed by atoms with Crippen LogP contribution in [-0.2, 0) is 19.4 Å². The molecule has 1 atom stereocenters. The highest BCUT2D eigenvalue weighted by atomic mass is 32.2. The van der Waals surface area contributed by atoms with Gasteiger partial charge in [0.1, 0.15) is 5.75 Å². The summed E-state index contributed by atoms with van der Waals surface area (Å²) in [6.07, 6.45) is 2.77. The van der Waals surface area contributed by atoms with Crippen LogP contribution in [0.4, 0.5) is 0 Å². The van der Waals surface area contributed by atoms with Gasteiger partial charge in [-0.15, -0.1) is 0 Å². The Balaban J connectivity index is 0.000000333. The zero-order valence-electron chi connectivity index (χ0n) is 13.7. The number of ether oxygens (including phenoxy) is 1. The Bertz CT molecular complexity index is 689. The van der Waals surface area contributed by atoms with Crippen molar-refractivity contribution in [2.24, 2.45) is 0 Å². The van der Waals surface area contributed by atoms with Gasteiger partial charge < -0.3 is 20.3 Å². The summed E-state index contributed by atoms with van der Waals surface area (Å²) in [5.74, 6) is -1.84. The second-order valence-electron chi connectivity index (χ2n) is 5.20. The van der Waals surface area contributed by atoms with E-state index >= 15 is 0 Å². The second-order valence-corrected chi connectivity index (χ2v) is 7.43. The molecule has 0 aliphatic carbocycles. The molecule has 2 rings (SSSR count). The molecular formula is C16H21NO7S. The molecule has 25 heavy (non-hydrogen) atoms. The van der Waals surface area contributed by atoms with Crippen LogP contribution in [0.15, 0.2) is 41.3 Å². The standard InChI is InChI=1S/C12H17NO3S.C4H4O4/c1-16-10-4-6-11(7-5-10)17(14,15)12-3-2-8-13-9-12;5-3(6)1-2-4(7)8/h4-7,12-13H,2-3,8-9H2,1H3;1-2H,(H,5,6)(H,7,8)/b;2-1-. The fourth-order valence-corrected chi connectivity index (χ4v) is 3.90. The van der Waals surface area contributed by atoms with Crippen molar-refractivity contribution in [2.75, 3.05) is 20.2 Å². The minimum absolute atomic E-state index is 0.301. The summed E-state index contributed by atoms with van der Waals surface area (Å²) in [5.41, 5.74) is 0. The Kier molecular flexibility index (Phi) is 8.09. The quantitative estimate of drug-likeness (QED) is 0.652. The van der Waals surface area contributed by atoms with Gasteiger partial charge in [0.15, 0.2) is 9.84 Å². The number of hydrogen-bond acceptors (Lipinski definition) is 6. The van der Waals surface area contributed by atoms with Crippen molar-refractivity contribution >= 4 is 21.8 Å². The molecule has 0 bridgehead atoms. The van der Waals surface area contributed by atoms with Crippen LogP contribution in [0.25, 0.3) is 0 Å². The molecule has 0 radical (unpaired) electrons. The summed E-state index contributed by atoms with van der Waals surface area (Å²) in [6.45, 7) is 1.46. The zero-order valence-corrected chi connectivity index (χ0v) is 14.5. The molecule has 0 amide bonds. The van der Waals surface area contributed by atoms with E-state index in [2.05, 4.69) is 5.32 Å². The zero-order chi connectivity index (χ0) is 18.9. The molecule has 8 nitrogen and oxygen atoms in total. The minimum atomic E-state index is -3.21. The van der Waals surface area contributed by atoms with Crippen LogP contribution >= 0.6 is 0 Å². The first kappa shape index (κ1) is 20.7. The number of piperidine rings is 1. The molecule has 1 aromatic rings. The lowest BCUT2D eigenvalue weighted by molar-refractivity contribution is -0.134. The molecule has 0 spiro atoms. The molecule has 1 fully saturated rings. The summed E-state index contributed by atoms with van der Waals surface area (Å²) in [5, 5.41) is 18.5. The average Bonchev–Trinajstić information content (AvgIpc) is 2.61. The number of carboxylic acid groups (broad SMARTS) is 2. The van der Waals surface area contributed by atoms with Crippen molar-refractivity contribution in [3.8, 4) is 5.75 Å². The predicted molar refractivity (Wildman–Crippen MR) is 90.5 cm³/mol. The van der Waals surface area contributed by atoms with E-state index in [0.29, 0.717) is 29.3 Å². The Hall–Kier alpha value is -2.39. The largest absolute Gasteiger partial charge is 0.497 e. The monoisotopic (exact) mass is 371 g/mol. The van der Waals surface area contributed by atoms with Crippen molar-refractivity contribution in [1.82, 2.24) is 5.32 Å². The van der Waals surface area contributed by atoms with E-state index in [1.165, 1.54) is 0 Å². The Morgan fingerprint density at radius 2 is 1.72 bits per heavy atom. The van der Waals surface area contributed by atoms with Crippen LogP contribution in [-0.4, -0.2) is 56.0 Å². The summed E-state index contributed by atoms with van der Waals surface area (Å²) in [7, 11) is -1.64. The lowest BCUT2D eigenvalue weighted by Crippen LogP contribution is -2.38. The van der Waals surface area contributed by atoms with Crippen molar-refractivity contribution < 1.29 is 33.0 Å². The fourth-order valence-electron chi connectivity index (χ4n) is 2.19. The van der Waals surface area contributed by atoms with Crippen molar-refractivity contribution in [1.29, 1.82) is 0 Å². The summed E-state index contributed by atoms with van der Waals surface area (Å²) >= 11 is 0. The molecule has 0 aromatic heterocycles. The Morgan fingerprint density at radius 3 is 2.12 bits per heavy atom. The number of carboxylic acids is 2. The number of carbonyl (C=O) groups is 2. The first-order chi connectivity index (χ1) is 11.8. The van der Waals surface area contributed by atoms with Gasteiger partial charge in [0, 0.05) is 18.7 Å². The van der Waals surface area contributed by atoms with E-state index in [-0.39, 0.29) is 5.25 Å². The Labute approximate surface area is 146 Å². The predicted octanol–water partition coefficient (Wildman–Crippen LogP) is 0.933. The first-order valence-electron chi connectivity index (χ1n) is 7.50. The van der Waals surface area contributed by atoms with Crippen molar-refractivity contribution in [3.05, 3.63) is 36.4 Å². The highest BCUT2D eigenvalue weighted by Gasteiger charge is 2.28. The molecule has 1 heterocycles. The second kappa shape index (κ2) is 9.80. The smallest absolute Gasteiger partial charge is 0.328 e. The van der Waals surface area contributed by atoms with Gasteiger partial charge in [-0.05, 0) is 43.7 Å². The SMILES string of the molecule is COc1ccc(S(=O)(=O)C2CCCNC2)cc1.O=C(O)/C=C\C(=O)O. The molecule has 9 heteroatoms. The summed E-state index contributed by atoms with van der Waals surface area (Å²) in [4.78, 5) is 19.5. The first-order valence-corrected chi connectivity index (χ1v) is 9.04. The van der Waals surface area contributed by atoms with Gasteiger partial charge in [0.05, 0.1) is 17.3 Å². The van der Waals surface area contributed by atoms with Gasteiger partial charge in [-0.25, -0.2) is 18.0 Å². The van der Waals surface area contributed by atoms with Crippen LogP contribution in [0.2, 0.25) is 0 Å². The highest BCUT2D eigenvalue weighted by molar-refractivity contribution is 7.92. The number of sulfone groups is 1. The van der Waals surface area contributed by atoms with Gasteiger partial charge in [0.25, 0.3) is 0 Å². The lowest BCUT2D eigenvalue weighted by atomic mass is 10.2. The third-order valence-electron chi connectivity index (χ3n) is 3.45. The molecule has 1 aromatic carbocycles. The maximum atomic E-state index is 12.3. The normalized spacial score (nSPS) is 17.4. The van der Waals surface area contributed by atoms with E-state index in [1.54, 1.807) is 31.4 Å². The maximum absolute atomic E-state index is 12.3. The maximum Gasteiger partial charge on any atom is 0.328 e. The topological polar surface area (TPSA) is 130 Å². The average molecular weight is 371 g/mol. The molecule has 1 unspecified atom stereocenters. The molecular weight excluding hydrogens is 350 g/mol. The van der Waals surface area contributed by atoms with Crippen LogP contribution in [0, 0.1) is 0 Å². The molecule has 1 aliphatic rings. The molecule has 3 N–H and O–H groups in total. The summed E-state index contributed by atoms with van der Waals surface area (Å²) in [6, 6.07) is 6.60. The van der Waals surface area contributed by atoms with Crippen molar-refractivity contribution in [3.63, 3.8) is 0 Å². The van der Waals surface area contributed by atoms with E-state index < -0.39 is 21.8 Å². The molecule has 0 saturated carbocycles. The van der Waals surface area contributed by atoms with Crippen molar-refractivity contribution in [2.45, 2.75) is 23.0 Å². The van der Waals surface area contributed by atoms with Crippen LogP contribution in [0.1, 0.15) is 12.8 Å². The van der Waals surface area contributed by atoms with Gasteiger partial charge in [-0.1, -0.05) is 0 Å². The van der Waals surface area contributed by atoms with Gasteiger partial charge in [-0.3, -0.25) is 0 Å². The number of hydrogen-bond donors (Lipinski definition) is 3. The third kappa shape index (κ3) is 6.94. The number of aliphatic carboxylic acids is 2. The number of methoxy groups -OCH3 is 1. The molecule has 1 saturated heterocycles. The highest BCUT2D eigenvalue weighted by Crippen LogP contribution is 2.22. The number of nitrogens with one attached hydrogen (secondary N) is 1. The van der Waals surface area contributed by atoms with Crippen LogP contribution < -0.4 is 10.1 Å². The van der Waals surface area contributed by atoms with Gasteiger partial charge >= 0.3 is 11.9 Å². The van der Waals surface area contributed by atoms with E-state index in [0.717, 1.165) is 19.4 Å². The van der Waals surface area contributed by atoms with E-state index in [1.807, 2.05) is 0 Å². The number of rotatable bonds is 5. The lowest BCUT2D eigenvalue weighted by Gasteiger charge is -2.22. The molecule has 1 aliphatic heterocycles. The third-order valence-corrected chi connectivity index (χ3v) is 5.66. The summed E-state index contributed by atoms with van der Waals surface area (Å²) < 4.78 is 29.6. The van der Waals surface area contributed by atoms with Crippen LogP contribution in [0.3, 0.4) is 0 Å². The van der Waals surface area contributed by atoms with E-state index in [4.69, 9.17) is 14.9 Å². The Morgan fingerprint density at radius 1 is 1.16 bits per heavy atom. The minimum Gasteiger partial charge on any atom is -0.497 e. The van der Waals surface area contributed by atoms with Crippen LogP contribution in [0.5, 0.6) is 5.75 Å². The fraction of sp³-hybridized carbons (Fsp3) is 0.375. The van der Waals surface area contributed by atoms with Gasteiger partial charge in [-0.2, -0.15) is 0 Å². The van der Waals surface area contributed by atoms with Gasteiger partial charge in [0.2, 0.25) is 0 Å².